The van der Waals surface area contributed by atoms with Gasteiger partial charge in [-0.05, 0) is 24.2 Å². The van der Waals surface area contributed by atoms with E-state index in [0.717, 1.165) is 17.7 Å². The van der Waals surface area contributed by atoms with E-state index < -0.39 is 10.0 Å². The highest BCUT2D eigenvalue weighted by Crippen LogP contribution is 2.13. The number of nitrogens with one attached hydrogen (secondary N) is 2. The summed E-state index contributed by atoms with van der Waals surface area (Å²) in [6.07, 6.45) is 6.80. The molecule has 142 valence electrons. The zero-order valence-corrected chi connectivity index (χ0v) is 15.9. The van der Waals surface area contributed by atoms with Crippen LogP contribution in [0.15, 0.2) is 60.1 Å². The van der Waals surface area contributed by atoms with Crippen LogP contribution in [-0.4, -0.2) is 35.5 Å². The van der Waals surface area contributed by atoms with Gasteiger partial charge in [-0.1, -0.05) is 24.3 Å². The van der Waals surface area contributed by atoms with Crippen molar-refractivity contribution in [3.05, 3.63) is 72.1 Å². The molecule has 3 rings (SSSR count). The smallest absolute Gasteiger partial charge is 0.268 e. The van der Waals surface area contributed by atoms with E-state index in [2.05, 4.69) is 15.0 Å². The molecule has 0 spiro atoms. The second-order valence-electron chi connectivity index (χ2n) is 6.11. The number of benzene rings is 1. The third kappa shape index (κ3) is 4.44. The van der Waals surface area contributed by atoms with Gasteiger partial charge in [0, 0.05) is 38.7 Å². The number of aromatic nitrogens is 3. The van der Waals surface area contributed by atoms with Crippen molar-refractivity contribution in [3.8, 4) is 0 Å². The number of sulfonamides is 1. The first-order valence-electron chi connectivity index (χ1n) is 8.31. The molecule has 0 atom stereocenters. The van der Waals surface area contributed by atoms with Crippen molar-refractivity contribution in [2.24, 2.45) is 7.05 Å². The SMILES string of the molecule is CNS(=O)(=O)c1cc(C(=O)NCc2ccc(Cn3ccnc3)cc2)n(C)c1. The topological polar surface area (TPSA) is 98.0 Å². The number of amides is 1. The van der Waals surface area contributed by atoms with Crippen molar-refractivity contribution in [1.29, 1.82) is 0 Å². The largest absolute Gasteiger partial charge is 0.347 e. The van der Waals surface area contributed by atoms with Gasteiger partial charge < -0.3 is 14.5 Å². The number of hydrogen-bond donors (Lipinski definition) is 2. The van der Waals surface area contributed by atoms with E-state index in [1.54, 1.807) is 19.6 Å². The van der Waals surface area contributed by atoms with Gasteiger partial charge in [0.2, 0.25) is 10.0 Å². The summed E-state index contributed by atoms with van der Waals surface area (Å²) < 4.78 is 29.4. The van der Waals surface area contributed by atoms with Gasteiger partial charge in [-0.3, -0.25) is 4.79 Å². The highest BCUT2D eigenvalue weighted by Gasteiger charge is 2.18. The number of carbonyl (C=O) groups excluding carboxylic acids is 1. The molecule has 0 fully saturated rings. The lowest BCUT2D eigenvalue weighted by molar-refractivity contribution is 0.0942. The van der Waals surface area contributed by atoms with Crippen LogP contribution in [0.5, 0.6) is 0 Å². The van der Waals surface area contributed by atoms with Gasteiger partial charge in [0.05, 0.1) is 6.33 Å². The maximum atomic E-state index is 12.4. The maximum absolute atomic E-state index is 12.4. The van der Waals surface area contributed by atoms with Gasteiger partial charge in [0.1, 0.15) is 10.6 Å². The van der Waals surface area contributed by atoms with Gasteiger partial charge in [-0.15, -0.1) is 0 Å². The summed E-state index contributed by atoms with van der Waals surface area (Å²) in [7, 11) is -0.619. The molecule has 9 heteroatoms. The maximum Gasteiger partial charge on any atom is 0.268 e. The van der Waals surface area contributed by atoms with Crippen molar-refractivity contribution < 1.29 is 13.2 Å². The lowest BCUT2D eigenvalue weighted by Gasteiger charge is -2.07. The first kappa shape index (κ1) is 18.9. The molecule has 1 aromatic carbocycles. The number of aryl methyl sites for hydroxylation is 1. The van der Waals surface area contributed by atoms with Gasteiger partial charge in [-0.2, -0.15) is 0 Å². The lowest BCUT2D eigenvalue weighted by Crippen LogP contribution is -2.24. The first-order valence-corrected chi connectivity index (χ1v) is 9.79. The molecule has 0 bridgehead atoms. The minimum atomic E-state index is -3.58. The molecule has 0 aliphatic rings. The van der Waals surface area contributed by atoms with E-state index in [1.807, 2.05) is 35.0 Å². The Balaban J connectivity index is 1.62. The molecule has 0 aliphatic heterocycles. The monoisotopic (exact) mass is 387 g/mol. The molecular formula is C18H21N5O3S. The van der Waals surface area contributed by atoms with Crippen molar-refractivity contribution >= 4 is 15.9 Å². The molecule has 27 heavy (non-hydrogen) atoms. The highest BCUT2D eigenvalue weighted by molar-refractivity contribution is 7.89. The third-order valence-corrected chi connectivity index (χ3v) is 5.57. The molecule has 0 unspecified atom stereocenters. The Kier molecular flexibility index (Phi) is 5.43. The van der Waals surface area contributed by atoms with Crippen LogP contribution in [0, 0.1) is 0 Å². The molecule has 2 heterocycles. The lowest BCUT2D eigenvalue weighted by atomic mass is 10.1. The Labute approximate surface area is 157 Å². The fourth-order valence-corrected chi connectivity index (χ4v) is 3.45. The van der Waals surface area contributed by atoms with E-state index in [9.17, 15) is 13.2 Å². The molecule has 1 amide bonds. The van der Waals surface area contributed by atoms with Crippen LogP contribution in [0.2, 0.25) is 0 Å². The molecule has 0 saturated carbocycles. The quantitative estimate of drug-likeness (QED) is 0.634. The Morgan fingerprint density at radius 1 is 1.19 bits per heavy atom. The van der Waals surface area contributed by atoms with Crippen LogP contribution >= 0.6 is 0 Å². The molecule has 3 aromatic rings. The molecule has 0 radical (unpaired) electrons. The third-order valence-electron chi connectivity index (χ3n) is 4.19. The fourth-order valence-electron chi connectivity index (χ4n) is 2.65. The summed E-state index contributed by atoms with van der Waals surface area (Å²) in [5, 5.41) is 2.81. The van der Waals surface area contributed by atoms with Crippen LogP contribution in [-0.2, 0) is 30.2 Å². The Morgan fingerprint density at radius 2 is 1.89 bits per heavy atom. The second kappa shape index (κ2) is 7.77. The molecule has 0 saturated heterocycles. The zero-order valence-electron chi connectivity index (χ0n) is 15.1. The number of imidazole rings is 1. The number of carbonyl (C=O) groups is 1. The van der Waals surface area contributed by atoms with E-state index >= 15 is 0 Å². The van der Waals surface area contributed by atoms with Crippen LogP contribution < -0.4 is 10.0 Å². The molecule has 0 aliphatic carbocycles. The van der Waals surface area contributed by atoms with Gasteiger partial charge in [0.15, 0.2) is 0 Å². The number of hydrogen-bond acceptors (Lipinski definition) is 4. The summed E-state index contributed by atoms with van der Waals surface area (Å²) in [6.45, 7) is 1.09. The molecule has 2 N–H and O–H groups in total. The molecule has 2 aromatic heterocycles. The summed E-state index contributed by atoms with van der Waals surface area (Å²) in [5.41, 5.74) is 2.36. The van der Waals surface area contributed by atoms with Crippen molar-refractivity contribution in [3.63, 3.8) is 0 Å². The van der Waals surface area contributed by atoms with E-state index in [-0.39, 0.29) is 16.5 Å². The van der Waals surface area contributed by atoms with E-state index in [0.29, 0.717) is 6.54 Å². The highest BCUT2D eigenvalue weighted by atomic mass is 32.2. The Bertz CT molecular complexity index is 1020. The Hall–Kier alpha value is -2.91. The number of nitrogens with zero attached hydrogens (tertiary/aromatic N) is 3. The average molecular weight is 387 g/mol. The van der Waals surface area contributed by atoms with Crippen molar-refractivity contribution in [2.75, 3.05) is 7.05 Å². The second-order valence-corrected chi connectivity index (χ2v) is 8.00. The predicted molar refractivity (Wildman–Crippen MR) is 101 cm³/mol. The standard InChI is InChI=1S/C18H21N5O3S/c1-19-27(25,26)16-9-17(22(2)12-16)18(24)21-10-14-3-5-15(6-4-14)11-23-8-7-20-13-23/h3-9,12-13,19H,10-11H2,1-2H3,(H,21,24). The summed E-state index contributed by atoms with van der Waals surface area (Å²) in [4.78, 5) is 16.5. The predicted octanol–water partition coefficient (Wildman–Crippen LogP) is 1.11. The van der Waals surface area contributed by atoms with Crippen LogP contribution in [0.4, 0.5) is 0 Å². The number of rotatable bonds is 7. The van der Waals surface area contributed by atoms with Gasteiger partial charge >= 0.3 is 0 Å². The molecule has 8 nitrogen and oxygen atoms in total. The van der Waals surface area contributed by atoms with Gasteiger partial charge in [-0.25, -0.2) is 18.1 Å². The summed E-state index contributed by atoms with van der Waals surface area (Å²) in [6, 6.07) is 9.27. The van der Waals surface area contributed by atoms with Crippen LogP contribution in [0.3, 0.4) is 0 Å². The van der Waals surface area contributed by atoms with Crippen molar-refractivity contribution in [2.45, 2.75) is 18.0 Å². The molecular weight excluding hydrogens is 366 g/mol. The average Bonchev–Trinajstić information content (AvgIpc) is 3.31. The first-order chi connectivity index (χ1) is 12.9. The normalized spacial score (nSPS) is 11.5. The summed E-state index contributed by atoms with van der Waals surface area (Å²) >= 11 is 0. The van der Waals surface area contributed by atoms with Crippen LogP contribution in [0.25, 0.3) is 0 Å². The fraction of sp³-hybridized carbons (Fsp3) is 0.222. The van der Waals surface area contributed by atoms with E-state index in [4.69, 9.17) is 0 Å². The van der Waals surface area contributed by atoms with Gasteiger partial charge in [0.25, 0.3) is 5.91 Å². The van der Waals surface area contributed by atoms with Crippen LogP contribution in [0.1, 0.15) is 21.6 Å². The van der Waals surface area contributed by atoms with E-state index in [1.165, 1.54) is 23.9 Å². The zero-order chi connectivity index (χ0) is 19.4. The minimum absolute atomic E-state index is 0.0569. The minimum Gasteiger partial charge on any atom is -0.347 e. The Morgan fingerprint density at radius 3 is 2.52 bits per heavy atom. The van der Waals surface area contributed by atoms with Crippen molar-refractivity contribution in [1.82, 2.24) is 24.2 Å². The summed E-state index contributed by atoms with van der Waals surface area (Å²) in [5.74, 6) is -0.336.